The summed E-state index contributed by atoms with van der Waals surface area (Å²) in [7, 11) is 0. The van der Waals surface area contributed by atoms with Crippen molar-refractivity contribution in [3.63, 3.8) is 0 Å². The van der Waals surface area contributed by atoms with Gasteiger partial charge >= 0.3 is 0 Å². The number of hydrogen-bond donors (Lipinski definition) is 1. The maximum absolute atomic E-state index is 13.0. The summed E-state index contributed by atoms with van der Waals surface area (Å²) in [5.74, 6) is -1.83. The predicted molar refractivity (Wildman–Crippen MR) is 103 cm³/mol. The van der Waals surface area contributed by atoms with Gasteiger partial charge in [0.25, 0.3) is 5.91 Å². The molecule has 0 radical (unpaired) electrons. The average Bonchev–Trinajstić information content (AvgIpc) is 3.32. The molecular weight excluding hydrogens is 380 g/mol. The van der Waals surface area contributed by atoms with Crippen molar-refractivity contribution in [2.45, 2.75) is 13.0 Å². The second kappa shape index (κ2) is 6.98. The Morgan fingerprint density at radius 2 is 2.04 bits per heavy atom. The minimum Gasteiger partial charge on any atom is -0.503 e. The molecule has 1 atom stereocenters. The zero-order valence-electron chi connectivity index (χ0n) is 14.8. The first kappa shape index (κ1) is 18.0. The number of anilines is 1. The molecule has 4 rings (SSSR count). The quantitative estimate of drug-likeness (QED) is 0.662. The molecule has 1 unspecified atom stereocenters. The lowest BCUT2D eigenvalue weighted by Crippen LogP contribution is -2.31. The van der Waals surface area contributed by atoms with E-state index >= 15 is 0 Å². The van der Waals surface area contributed by atoms with Crippen molar-refractivity contribution < 1.29 is 19.1 Å². The maximum Gasteiger partial charge on any atom is 0.294 e. The number of nitrogens with zero attached hydrogens (tertiary/aromatic N) is 2. The number of hydrogen-bond acceptors (Lipinski definition) is 5. The minimum absolute atomic E-state index is 0.0351. The van der Waals surface area contributed by atoms with E-state index in [1.165, 1.54) is 17.2 Å². The molecule has 3 aromatic rings. The monoisotopic (exact) mass is 394 g/mol. The minimum atomic E-state index is -0.865. The molecule has 1 amide bonds. The van der Waals surface area contributed by atoms with Crippen LogP contribution in [0.3, 0.4) is 0 Å². The molecule has 28 heavy (non-hydrogen) atoms. The van der Waals surface area contributed by atoms with E-state index < -0.39 is 23.5 Å². The van der Waals surface area contributed by atoms with Gasteiger partial charge in [0, 0.05) is 23.1 Å². The van der Waals surface area contributed by atoms with Crippen molar-refractivity contribution in [3.05, 3.63) is 94.4 Å². The van der Waals surface area contributed by atoms with Crippen molar-refractivity contribution in [2.24, 2.45) is 0 Å². The lowest BCUT2D eigenvalue weighted by molar-refractivity contribution is -0.117. The van der Waals surface area contributed by atoms with E-state index in [9.17, 15) is 14.7 Å². The number of rotatable bonds is 4. The number of Topliss-reactive ketones (excluding diaryl/α,β-unsaturated/α-hetero) is 1. The fourth-order valence-electron chi connectivity index (χ4n) is 3.34. The highest BCUT2D eigenvalue weighted by atomic mass is 35.5. The van der Waals surface area contributed by atoms with Gasteiger partial charge in [-0.3, -0.25) is 19.5 Å². The highest BCUT2D eigenvalue weighted by Crippen LogP contribution is 2.43. The molecule has 6 nitrogen and oxygen atoms in total. The van der Waals surface area contributed by atoms with Crippen molar-refractivity contribution in [2.75, 3.05) is 4.90 Å². The number of amides is 1. The standard InChI is InChI=1S/C21H15ClN2O4/c1-12-14(22)6-2-7-15(12)24-18(13-5-3-9-23-11-13)17(20(26)21(24)27)19(25)16-8-4-10-28-16/h2-11,18,26H,1H3. The number of carbonyl (C=O) groups is 2. The first-order valence-electron chi connectivity index (χ1n) is 8.50. The van der Waals surface area contributed by atoms with Gasteiger partial charge in [0.1, 0.15) is 0 Å². The summed E-state index contributed by atoms with van der Waals surface area (Å²) >= 11 is 6.24. The highest BCUT2D eigenvalue weighted by Gasteiger charge is 2.45. The largest absolute Gasteiger partial charge is 0.503 e. The van der Waals surface area contributed by atoms with Crippen LogP contribution in [0.4, 0.5) is 5.69 Å². The first-order chi connectivity index (χ1) is 13.5. The molecule has 1 aliphatic heterocycles. The molecule has 7 heteroatoms. The van der Waals surface area contributed by atoms with Crippen molar-refractivity contribution in [3.8, 4) is 0 Å². The summed E-state index contributed by atoms with van der Waals surface area (Å²) < 4.78 is 5.20. The lowest BCUT2D eigenvalue weighted by Gasteiger charge is -2.28. The van der Waals surface area contributed by atoms with E-state index in [2.05, 4.69) is 4.98 Å². The van der Waals surface area contributed by atoms with E-state index in [1.807, 2.05) is 0 Å². The van der Waals surface area contributed by atoms with Crippen LogP contribution in [-0.4, -0.2) is 21.8 Å². The number of carbonyl (C=O) groups excluding carboxylic acids is 2. The van der Waals surface area contributed by atoms with Gasteiger partial charge in [-0.2, -0.15) is 0 Å². The van der Waals surface area contributed by atoms with Crippen LogP contribution < -0.4 is 4.90 Å². The van der Waals surface area contributed by atoms with Gasteiger partial charge in [-0.1, -0.05) is 23.7 Å². The Balaban J connectivity index is 1.92. The second-order valence-corrected chi connectivity index (χ2v) is 6.72. The Kier molecular flexibility index (Phi) is 4.49. The summed E-state index contributed by atoms with van der Waals surface area (Å²) in [5.41, 5.74) is 1.67. The number of furan rings is 1. The van der Waals surface area contributed by atoms with Gasteiger partial charge in [-0.05, 0) is 48.4 Å². The topological polar surface area (TPSA) is 83.6 Å². The number of benzene rings is 1. The summed E-state index contributed by atoms with van der Waals surface area (Å²) in [6.07, 6.45) is 4.51. The van der Waals surface area contributed by atoms with E-state index in [-0.39, 0.29) is 11.3 Å². The van der Waals surface area contributed by atoms with Gasteiger partial charge in [-0.15, -0.1) is 0 Å². The first-order valence-corrected chi connectivity index (χ1v) is 8.88. The summed E-state index contributed by atoms with van der Waals surface area (Å²) in [6, 6.07) is 10.8. The highest BCUT2D eigenvalue weighted by molar-refractivity contribution is 6.32. The van der Waals surface area contributed by atoms with Gasteiger partial charge in [-0.25, -0.2) is 0 Å². The number of halogens is 1. The van der Waals surface area contributed by atoms with E-state index in [4.69, 9.17) is 16.0 Å². The van der Waals surface area contributed by atoms with E-state index in [0.717, 1.165) is 0 Å². The Bertz CT molecular complexity index is 1090. The van der Waals surface area contributed by atoms with Crippen LogP contribution in [0, 0.1) is 6.92 Å². The third kappa shape index (κ3) is 2.78. The number of aromatic nitrogens is 1. The molecule has 1 N–H and O–H groups in total. The van der Waals surface area contributed by atoms with Crippen LogP contribution >= 0.6 is 11.6 Å². The molecule has 0 saturated heterocycles. The smallest absolute Gasteiger partial charge is 0.294 e. The Labute approximate surface area is 165 Å². The van der Waals surface area contributed by atoms with Gasteiger partial charge in [0.2, 0.25) is 5.78 Å². The zero-order chi connectivity index (χ0) is 19.8. The molecular formula is C21H15ClN2O4. The summed E-state index contributed by atoms with van der Waals surface area (Å²) in [6.45, 7) is 1.77. The van der Waals surface area contributed by atoms with Crippen LogP contribution in [0.5, 0.6) is 0 Å². The summed E-state index contributed by atoms with van der Waals surface area (Å²) in [5, 5.41) is 11.1. The van der Waals surface area contributed by atoms with Crippen LogP contribution in [0.25, 0.3) is 0 Å². The fourth-order valence-corrected chi connectivity index (χ4v) is 3.51. The number of aliphatic hydroxyl groups excluding tert-OH is 1. The van der Waals surface area contributed by atoms with E-state index in [0.29, 0.717) is 21.8 Å². The zero-order valence-corrected chi connectivity index (χ0v) is 15.6. The van der Waals surface area contributed by atoms with Gasteiger partial charge in [0.15, 0.2) is 11.5 Å². The van der Waals surface area contributed by atoms with Crippen molar-refractivity contribution in [1.29, 1.82) is 0 Å². The SMILES string of the molecule is Cc1c(Cl)cccc1N1C(=O)C(O)=C(C(=O)c2ccco2)C1c1cccnc1. The van der Waals surface area contributed by atoms with Crippen LogP contribution in [0.2, 0.25) is 5.02 Å². The fraction of sp³-hybridized carbons (Fsp3) is 0.0952. The van der Waals surface area contributed by atoms with Gasteiger partial charge < -0.3 is 9.52 Å². The van der Waals surface area contributed by atoms with Gasteiger partial charge in [0.05, 0.1) is 17.9 Å². The average molecular weight is 395 g/mol. The molecule has 1 aliphatic rings. The van der Waals surface area contributed by atoms with Crippen LogP contribution in [0.15, 0.2) is 76.9 Å². The molecule has 3 heterocycles. The van der Waals surface area contributed by atoms with Crippen LogP contribution in [-0.2, 0) is 4.79 Å². The van der Waals surface area contributed by atoms with E-state index in [1.54, 1.807) is 55.7 Å². The number of pyridine rings is 1. The molecule has 0 aliphatic carbocycles. The molecule has 2 aromatic heterocycles. The molecule has 0 bridgehead atoms. The Morgan fingerprint density at radius 3 is 2.71 bits per heavy atom. The third-order valence-electron chi connectivity index (χ3n) is 4.70. The Hall–Kier alpha value is -3.38. The molecule has 1 aromatic carbocycles. The normalized spacial score (nSPS) is 16.7. The number of ketones is 1. The second-order valence-electron chi connectivity index (χ2n) is 6.32. The summed E-state index contributed by atoms with van der Waals surface area (Å²) in [4.78, 5) is 31.5. The van der Waals surface area contributed by atoms with Crippen molar-refractivity contribution in [1.82, 2.24) is 4.98 Å². The molecule has 0 spiro atoms. The van der Waals surface area contributed by atoms with Crippen molar-refractivity contribution >= 4 is 29.0 Å². The lowest BCUT2D eigenvalue weighted by atomic mass is 9.95. The van der Waals surface area contributed by atoms with Crippen LogP contribution in [0.1, 0.15) is 27.7 Å². The Morgan fingerprint density at radius 1 is 1.21 bits per heavy atom. The molecule has 140 valence electrons. The molecule has 0 saturated carbocycles. The molecule has 0 fully saturated rings. The third-order valence-corrected chi connectivity index (χ3v) is 5.11. The maximum atomic E-state index is 13.0. The predicted octanol–water partition coefficient (Wildman–Crippen LogP) is 4.42. The number of aliphatic hydroxyl groups is 1.